The van der Waals surface area contributed by atoms with Gasteiger partial charge in [-0.3, -0.25) is 4.99 Å². The molecule has 0 amide bonds. The summed E-state index contributed by atoms with van der Waals surface area (Å²) in [6.45, 7) is 3.99. The number of likely N-dealkylation sites (N-methyl/N-ethyl adjacent to an activating group) is 1. The Labute approximate surface area is 148 Å². The third-order valence-electron chi connectivity index (χ3n) is 4.74. The number of rotatable bonds is 6. The minimum Gasteiger partial charge on any atom is -0.386 e. The first-order valence-electron chi connectivity index (χ1n) is 8.48. The lowest BCUT2D eigenvalue weighted by molar-refractivity contribution is 0.213. The number of hydrogen-bond donors (Lipinski definition) is 3. The van der Waals surface area contributed by atoms with Crippen LogP contribution in [0.25, 0.3) is 0 Å². The van der Waals surface area contributed by atoms with Crippen LogP contribution >= 0.6 is 0 Å². The zero-order valence-electron chi connectivity index (χ0n) is 14.4. The highest BCUT2D eigenvalue weighted by molar-refractivity contribution is 6.00. The molecule has 2 aliphatic heterocycles. The van der Waals surface area contributed by atoms with Crippen LogP contribution in [0, 0.1) is 11.3 Å². The SMILES string of the molecule is C=C(/C=C\C=N)/C=C(\NC)C1=C2C(N)=NC=CN2C(C2CCC2)C=N1. The molecule has 3 rings (SSSR count). The molecular weight excluding hydrogens is 312 g/mol. The molecule has 1 atom stereocenters. The van der Waals surface area contributed by atoms with Crippen LogP contribution in [0.4, 0.5) is 0 Å². The molecule has 0 radical (unpaired) electrons. The number of allylic oxidation sites excluding steroid dienone is 4. The van der Waals surface area contributed by atoms with E-state index < -0.39 is 0 Å². The number of nitrogens with two attached hydrogens (primary N) is 1. The number of hydrogen-bond acceptors (Lipinski definition) is 6. The van der Waals surface area contributed by atoms with Crippen LogP contribution in [0.2, 0.25) is 0 Å². The number of fused-ring (bicyclic) bond motifs is 1. The van der Waals surface area contributed by atoms with E-state index in [4.69, 9.17) is 16.1 Å². The van der Waals surface area contributed by atoms with Crippen LogP contribution in [0.1, 0.15) is 19.3 Å². The minimum atomic E-state index is 0.233. The fourth-order valence-corrected chi connectivity index (χ4v) is 3.22. The summed E-state index contributed by atoms with van der Waals surface area (Å²) < 4.78 is 0. The molecule has 0 aromatic rings. The Morgan fingerprint density at radius 1 is 1.48 bits per heavy atom. The van der Waals surface area contributed by atoms with Gasteiger partial charge in [0.25, 0.3) is 0 Å². The number of amidine groups is 1. The lowest BCUT2D eigenvalue weighted by atomic mass is 9.79. The van der Waals surface area contributed by atoms with Gasteiger partial charge in [-0.25, -0.2) is 4.99 Å². The van der Waals surface area contributed by atoms with Gasteiger partial charge in [0.1, 0.15) is 17.2 Å². The van der Waals surface area contributed by atoms with Crippen molar-refractivity contribution < 1.29 is 0 Å². The highest BCUT2D eigenvalue weighted by Gasteiger charge is 2.36. The predicted octanol–water partition coefficient (Wildman–Crippen LogP) is 2.46. The van der Waals surface area contributed by atoms with E-state index in [2.05, 4.69) is 21.8 Å². The van der Waals surface area contributed by atoms with Crippen LogP contribution in [-0.2, 0) is 0 Å². The van der Waals surface area contributed by atoms with Crippen LogP contribution in [0.5, 0.6) is 0 Å². The van der Waals surface area contributed by atoms with Crippen LogP contribution < -0.4 is 11.1 Å². The Hall–Kier alpha value is -2.89. The lowest BCUT2D eigenvalue weighted by Gasteiger charge is -2.42. The fraction of sp³-hybridized carbons (Fsp3) is 0.316. The van der Waals surface area contributed by atoms with Gasteiger partial charge in [-0.05, 0) is 36.5 Å². The van der Waals surface area contributed by atoms with Crippen molar-refractivity contribution in [2.24, 2.45) is 21.6 Å². The summed E-state index contributed by atoms with van der Waals surface area (Å²) in [4.78, 5) is 11.2. The molecule has 3 aliphatic rings. The van der Waals surface area contributed by atoms with Gasteiger partial charge in [0, 0.05) is 31.9 Å². The van der Waals surface area contributed by atoms with Crippen molar-refractivity contribution in [3.8, 4) is 0 Å². The van der Waals surface area contributed by atoms with E-state index in [0.29, 0.717) is 11.8 Å². The molecule has 1 aliphatic carbocycles. The molecule has 0 bridgehead atoms. The van der Waals surface area contributed by atoms with E-state index >= 15 is 0 Å². The Kier molecular flexibility index (Phi) is 4.97. The predicted molar refractivity (Wildman–Crippen MR) is 103 cm³/mol. The van der Waals surface area contributed by atoms with Crippen LogP contribution in [-0.4, -0.2) is 36.3 Å². The van der Waals surface area contributed by atoms with Crippen LogP contribution in [0.3, 0.4) is 0 Å². The van der Waals surface area contributed by atoms with Crippen molar-refractivity contribution in [2.75, 3.05) is 7.05 Å². The Bertz CT molecular complexity index is 746. The first-order chi connectivity index (χ1) is 12.2. The molecule has 4 N–H and O–H groups in total. The first kappa shape index (κ1) is 17.0. The second-order valence-corrected chi connectivity index (χ2v) is 6.29. The van der Waals surface area contributed by atoms with E-state index in [1.807, 2.05) is 25.5 Å². The molecule has 0 spiro atoms. The van der Waals surface area contributed by atoms with E-state index in [1.165, 1.54) is 25.5 Å². The summed E-state index contributed by atoms with van der Waals surface area (Å²) in [5, 5.41) is 10.3. The second-order valence-electron chi connectivity index (χ2n) is 6.29. The van der Waals surface area contributed by atoms with Gasteiger partial charge >= 0.3 is 0 Å². The molecule has 130 valence electrons. The monoisotopic (exact) mass is 336 g/mol. The molecule has 25 heavy (non-hydrogen) atoms. The zero-order valence-corrected chi connectivity index (χ0v) is 14.4. The van der Waals surface area contributed by atoms with Gasteiger partial charge in [0.05, 0.1) is 11.7 Å². The highest BCUT2D eigenvalue weighted by Crippen LogP contribution is 2.37. The molecule has 2 heterocycles. The Balaban J connectivity index is 1.99. The van der Waals surface area contributed by atoms with Gasteiger partial charge in [-0.2, -0.15) is 0 Å². The maximum atomic E-state index is 7.08. The van der Waals surface area contributed by atoms with Gasteiger partial charge < -0.3 is 21.4 Å². The average Bonchev–Trinajstić information content (AvgIpc) is 2.57. The van der Waals surface area contributed by atoms with E-state index in [9.17, 15) is 0 Å². The zero-order chi connectivity index (χ0) is 17.8. The smallest absolute Gasteiger partial charge is 0.149 e. The van der Waals surface area contributed by atoms with E-state index in [0.717, 1.165) is 22.7 Å². The molecule has 6 heteroatoms. The van der Waals surface area contributed by atoms with Gasteiger partial charge in [-0.1, -0.05) is 19.1 Å². The topological polar surface area (TPSA) is 89.9 Å². The van der Waals surface area contributed by atoms with E-state index in [1.54, 1.807) is 18.4 Å². The van der Waals surface area contributed by atoms with Gasteiger partial charge in [0.2, 0.25) is 0 Å². The summed E-state index contributed by atoms with van der Waals surface area (Å²) in [7, 11) is 1.84. The molecule has 0 aromatic heterocycles. The van der Waals surface area contributed by atoms with Crippen molar-refractivity contribution in [1.82, 2.24) is 10.2 Å². The second kappa shape index (κ2) is 7.34. The Morgan fingerprint density at radius 3 is 2.92 bits per heavy atom. The van der Waals surface area contributed by atoms with E-state index in [-0.39, 0.29) is 6.04 Å². The molecule has 0 aromatic carbocycles. The number of aliphatic imine (C=N–C) groups is 2. The molecule has 1 saturated carbocycles. The third-order valence-corrected chi connectivity index (χ3v) is 4.74. The maximum absolute atomic E-state index is 7.08. The summed E-state index contributed by atoms with van der Waals surface area (Å²) in [5.74, 6) is 1.09. The van der Waals surface area contributed by atoms with Gasteiger partial charge in [0.15, 0.2) is 0 Å². The molecule has 0 saturated heterocycles. The summed E-state index contributed by atoms with van der Waals surface area (Å²) in [6.07, 6.45) is 16.0. The van der Waals surface area contributed by atoms with Crippen LogP contribution in [0.15, 0.2) is 69.9 Å². The molecule has 6 nitrogen and oxygen atoms in total. The minimum absolute atomic E-state index is 0.233. The highest BCUT2D eigenvalue weighted by atomic mass is 15.2. The fourth-order valence-electron chi connectivity index (χ4n) is 3.22. The normalized spacial score (nSPS) is 23.4. The van der Waals surface area contributed by atoms with Gasteiger partial charge in [-0.15, -0.1) is 0 Å². The van der Waals surface area contributed by atoms with Crippen molar-refractivity contribution >= 4 is 18.3 Å². The number of nitrogens with one attached hydrogen (secondary N) is 2. The molecule has 1 fully saturated rings. The largest absolute Gasteiger partial charge is 0.386 e. The number of nitrogens with zero attached hydrogens (tertiary/aromatic N) is 3. The Morgan fingerprint density at radius 2 is 2.28 bits per heavy atom. The maximum Gasteiger partial charge on any atom is 0.149 e. The molecular formula is C19H24N6. The van der Waals surface area contributed by atoms with Crippen molar-refractivity contribution in [1.29, 1.82) is 5.41 Å². The summed E-state index contributed by atoms with van der Waals surface area (Å²) in [5.41, 5.74) is 9.39. The lowest BCUT2D eigenvalue weighted by Crippen LogP contribution is -2.47. The third kappa shape index (κ3) is 3.33. The summed E-state index contributed by atoms with van der Waals surface area (Å²) >= 11 is 0. The quantitative estimate of drug-likeness (QED) is 0.514. The molecule has 1 unspecified atom stereocenters. The first-order valence-corrected chi connectivity index (χ1v) is 8.48. The average molecular weight is 336 g/mol. The summed E-state index contributed by atoms with van der Waals surface area (Å²) in [6, 6.07) is 0.233. The standard InChI is InChI=1S/C19H24N6/c1-13(5-4-8-20)11-15(22-2)17-18-19(21)23-9-10-25(18)16(12-24-17)14-6-3-7-14/h4-5,8-12,14,16,20,22H,1,3,6-7H2,2H3,(H2,21,23)/b5-4-,15-11-,20-8?. The van der Waals surface area contributed by atoms with Crippen molar-refractivity contribution in [2.45, 2.75) is 25.3 Å². The van der Waals surface area contributed by atoms with Crippen molar-refractivity contribution in [3.05, 3.63) is 59.9 Å². The van der Waals surface area contributed by atoms with Crippen molar-refractivity contribution in [3.63, 3.8) is 0 Å².